The van der Waals surface area contributed by atoms with E-state index in [1.807, 2.05) is 24.3 Å². The first-order valence-electron chi connectivity index (χ1n) is 12.7. The lowest BCUT2D eigenvalue weighted by atomic mass is 10.1. The number of hydrogen-bond donors (Lipinski definition) is 4. The van der Waals surface area contributed by atoms with Gasteiger partial charge in [0, 0.05) is 45.0 Å². The monoisotopic (exact) mass is 532 g/mol. The highest BCUT2D eigenvalue weighted by Gasteiger charge is 2.27. The number of imide groups is 1. The minimum atomic E-state index is -0.566. The first-order valence-corrected chi connectivity index (χ1v) is 12.7. The average molecular weight is 533 g/mol. The molecule has 0 atom stereocenters. The number of rotatable bonds is 10. The van der Waals surface area contributed by atoms with Crippen LogP contribution in [0.15, 0.2) is 48.5 Å². The van der Waals surface area contributed by atoms with Gasteiger partial charge in [-0.2, -0.15) is 15.0 Å². The molecule has 4 N–H and O–H groups in total. The third-order valence-electron chi connectivity index (χ3n) is 6.50. The Morgan fingerprint density at radius 2 is 1.54 bits per heavy atom. The molecule has 3 aromatic rings. The normalized spacial score (nSPS) is 15.7. The number of hydrogen-bond acceptors (Lipinski definition) is 11. The Labute approximate surface area is 226 Å². The summed E-state index contributed by atoms with van der Waals surface area (Å²) in [5.41, 5.74) is 6.07. The largest absolute Gasteiger partial charge is 0.497 e. The van der Waals surface area contributed by atoms with E-state index in [0.717, 1.165) is 48.1 Å². The molecule has 13 nitrogen and oxygen atoms in total. The minimum absolute atomic E-state index is 0.126. The summed E-state index contributed by atoms with van der Waals surface area (Å²) in [5.74, 6) is 1.12. The third kappa shape index (κ3) is 6.82. The van der Waals surface area contributed by atoms with E-state index in [1.165, 1.54) is 5.69 Å². The Morgan fingerprint density at radius 3 is 2.18 bits per heavy atom. The predicted octanol–water partition coefficient (Wildman–Crippen LogP) is 1.73. The molecule has 13 heteroatoms. The lowest BCUT2D eigenvalue weighted by Gasteiger charge is -2.34. The van der Waals surface area contributed by atoms with Gasteiger partial charge in [-0.05, 0) is 42.4 Å². The highest BCUT2D eigenvalue weighted by Crippen LogP contribution is 2.20. The SMILES string of the molecule is COc1ccc(CNc2nc(NCc3cccc(N4CCN(C)CC4)c3)nc(NN3CC(=O)NC3=O)n2)cc1. The van der Waals surface area contributed by atoms with E-state index in [0.29, 0.717) is 25.0 Å². The van der Waals surface area contributed by atoms with Gasteiger partial charge >= 0.3 is 6.03 Å². The summed E-state index contributed by atoms with van der Waals surface area (Å²) in [5, 5.41) is 9.80. The number of urea groups is 1. The van der Waals surface area contributed by atoms with Crippen LogP contribution in [-0.2, 0) is 17.9 Å². The smallest absolute Gasteiger partial charge is 0.343 e. The lowest BCUT2D eigenvalue weighted by molar-refractivity contribution is -0.118. The van der Waals surface area contributed by atoms with E-state index >= 15 is 0 Å². The van der Waals surface area contributed by atoms with Crippen molar-refractivity contribution in [2.24, 2.45) is 0 Å². The molecule has 0 aliphatic carbocycles. The zero-order valence-corrected chi connectivity index (χ0v) is 22.0. The Hall–Kier alpha value is -4.65. The van der Waals surface area contributed by atoms with Crippen molar-refractivity contribution in [2.45, 2.75) is 13.1 Å². The van der Waals surface area contributed by atoms with Gasteiger partial charge in [0.2, 0.25) is 23.8 Å². The van der Waals surface area contributed by atoms with E-state index in [9.17, 15) is 9.59 Å². The van der Waals surface area contributed by atoms with E-state index in [-0.39, 0.29) is 12.5 Å². The standard InChI is InChI=1S/C26H32N10O3/c1-34-10-12-35(13-11-34)20-5-3-4-19(14-20)16-28-24-30-23(27-15-18-6-8-21(39-2)9-7-18)31-25(32-24)33-36-17-22(37)29-26(36)38/h3-9,14H,10-13,15-17H2,1-2H3,(H,29,37,38)(H3,27,28,30,31,32,33). The molecule has 2 aromatic carbocycles. The van der Waals surface area contributed by atoms with Crippen LogP contribution in [0.3, 0.4) is 0 Å². The second-order valence-corrected chi connectivity index (χ2v) is 9.37. The van der Waals surface area contributed by atoms with Crippen LogP contribution < -0.4 is 31.0 Å². The maximum absolute atomic E-state index is 12.0. The Kier molecular flexibility index (Phi) is 7.87. The van der Waals surface area contributed by atoms with Crippen molar-refractivity contribution in [1.82, 2.24) is 30.2 Å². The number of methoxy groups -OCH3 is 1. The molecule has 1 aromatic heterocycles. The number of ether oxygens (including phenoxy) is 1. The second kappa shape index (κ2) is 11.8. The number of carbonyl (C=O) groups excluding carboxylic acids is 2. The van der Waals surface area contributed by atoms with Gasteiger partial charge in [0.1, 0.15) is 12.3 Å². The van der Waals surface area contributed by atoms with Crippen LogP contribution in [0.25, 0.3) is 0 Å². The van der Waals surface area contributed by atoms with Gasteiger partial charge in [-0.15, -0.1) is 0 Å². The maximum Gasteiger partial charge on any atom is 0.343 e. The molecule has 2 aliphatic rings. The summed E-state index contributed by atoms with van der Waals surface area (Å²) in [4.78, 5) is 41.7. The maximum atomic E-state index is 12.0. The van der Waals surface area contributed by atoms with Crippen molar-refractivity contribution in [3.05, 3.63) is 59.7 Å². The Morgan fingerprint density at radius 1 is 0.872 bits per heavy atom. The van der Waals surface area contributed by atoms with Gasteiger partial charge in [-0.1, -0.05) is 24.3 Å². The molecule has 0 bridgehead atoms. The molecular formula is C26H32N10O3. The fourth-order valence-electron chi connectivity index (χ4n) is 4.27. The van der Waals surface area contributed by atoms with Crippen LogP contribution in [0, 0.1) is 0 Å². The van der Waals surface area contributed by atoms with Crippen LogP contribution in [0.1, 0.15) is 11.1 Å². The van der Waals surface area contributed by atoms with Crippen LogP contribution in [0.5, 0.6) is 5.75 Å². The van der Waals surface area contributed by atoms with E-state index in [4.69, 9.17) is 4.74 Å². The fourth-order valence-corrected chi connectivity index (χ4v) is 4.27. The number of nitrogens with zero attached hydrogens (tertiary/aromatic N) is 6. The molecule has 0 unspecified atom stereocenters. The number of likely N-dealkylation sites (N-methyl/N-ethyl adjacent to an activating group) is 1. The van der Waals surface area contributed by atoms with E-state index in [2.05, 4.69) is 77.4 Å². The van der Waals surface area contributed by atoms with Crippen molar-refractivity contribution in [3.8, 4) is 5.75 Å². The number of amides is 3. The molecule has 0 radical (unpaired) electrons. The number of anilines is 4. The van der Waals surface area contributed by atoms with Crippen molar-refractivity contribution in [2.75, 3.05) is 67.8 Å². The fraction of sp³-hybridized carbons (Fsp3) is 0.346. The first kappa shape index (κ1) is 26.0. The quantitative estimate of drug-likeness (QED) is 0.284. The summed E-state index contributed by atoms with van der Waals surface area (Å²) < 4.78 is 5.22. The molecule has 2 aliphatic heterocycles. The second-order valence-electron chi connectivity index (χ2n) is 9.37. The molecule has 3 amide bonds. The number of benzene rings is 2. The van der Waals surface area contributed by atoms with Gasteiger partial charge < -0.3 is 25.2 Å². The molecule has 0 spiro atoms. The molecule has 5 rings (SSSR count). The number of carbonyl (C=O) groups is 2. The highest BCUT2D eigenvalue weighted by molar-refractivity contribution is 6.02. The van der Waals surface area contributed by atoms with Gasteiger partial charge in [-0.25, -0.2) is 9.80 Å². The van der Waals surface area contributed by atoms with Crippen LogP contribution in [0.4, 0.5) is 28.3 Å². The molecular weight excluding hydrogens is 500 g/mol. The zero-order valence-electron chi connectivity index (χ0n) is 22.0. The topological polar surface area (TPSA) is 140 Å². The van der Waals surface area contributed by atoms with Gasteiger partial charge in [0.25, 0.3) is 0 Å². The lowest BCUT2D eigenvalue weighted by Crippen LogP contribution is -2.44. The molecule has 2 saturated heterocycles. The summed E-state index contributed by atoms with van der Waals surface area (Å²) >= 11 is 0. The zero-order chi connectivity index (χ0) is 27.2. The van der Waals surface area contributed by atoms with Crippen molar-refractivity contribution in [1.29, 1.82) is 0 Å². The van der Waals surface area contributed by atoms with Gasteiger partial charge in [0.05, 0.1) is 7.11 Å². The van der Waals surface area contributed by atoms with Gasteiger partial charge in [-0.3, -0.25) is 15.5 Å². The Bertz CT molecular complexity index is 1310. The number of hydrazine groups is 1. The highest BCUT2D eigenvalue weighted by atomic mass is 16.5. The number of nitrogens with one attached hydrogen (secondary N) is 4. The predicted molar refractivity (Wildman–Crippen MR) is 147 cm³/mol. The number of piperazine rings is 1. The van der Waals surface area contributed by atoms with E-state index < -0.39 is 11.9 Å². The van der Waals surface area contributed by atoms with E-state index in [1.54, 1.807) is 7.11 Å². The first-order chi connectivity index (χ1) is 18.9. The molecule has 39 heavy (non-hydrogen) atoms. The van der Waals surface area contributed by atoms with Crippen LogP contribution in [-0.4, -0.2) is 83.7 Å². The molecule has 2 fully saturated rings. The summed E-state index contributed by atoms with van der Waals surface area (Å²) in [6.07, 6.45) is 0. The van der Waals surface area contributed by atoms with Crippen LogP contribution >= 0.6 is 0 Å². The van der Waals surface area contributed by atoms with Crippen molar-refractivity contribution in [3.63, 3.8) is 0 Å². The average Bonchev–Trinajstić information content (AvgIpc) is 3.27. The molecule has 3 heterocycles. The number of aromatic nitrogens is 3. The molecule has 0 saturated carbocycles. The van der Waals surface area contributed by atoms with Gasteiger partial charge in [0.15, 0.2) is 0 Å². The third-order valence-corrected chi connectivity index (χ3v) is 6.50. The van der Waals surface area contributed by atoms with Crippen molar-refractivity contribution < 1.29 is 14.3 Å². The Balaban J connectivity index is 1.29. The van der Waals surface area contributed by atoms with Crippen LogP contribution in [0.2, 0.25) is 0 Å². The molecule has 204 valence electrons. The summed E-state index contributed by atoms with van der Waals surface area (Å²) in [6.45, 7) is 4.87. The summed E-state index contributed by atoms with van der Waals surface area (Å²) in [7, 11) is 3.77. The minimum Gasteiger partial charge on any atom is -0.497 e. The summed E-state index contributed by atoms with van der Waals surface area (Å²) in [6, 6.07) is 15.5. The van der Waals surface area contributed by atoms with Crippen molar-refractivity contribution >= 4 is 35.5 Å².